The summed E-state index contributed by atoms with van der Waals surface area (Å²) < 4.78 is 75.5. The van der Waals surface area contributed by atoms with Crippen molar-refractivity contribution in [3.63, 3.8) is 0 Å². The van der Waals surface area contributed by atoms with Gasteiger partial charge in [-0.15, -0.1) is 23.2 Å². The third-order valence-electron chi connectivity index (χ3n) is 12.7. The van der Waals surface area contributed by atoms with Crippen LogP contribution in [0.25, 0.3) is 67.9 Å². The SMILES string of the molecule is CCOCn1nnc(-c2ccc(F)cc2)c1-c1cnc(SOOc2ccccc2)n1C.CCOCn1nnc(-c2cnc(SOOc3ccccc3)n2C)c1-c1ccc(F)cc1.Cn1c(-c2n[nH]nc2-c2ccc(F)cc2)cnc1SOOc1ccccc1. The van der Waals surface area contributed by atoms with Crippen LogP contribution in [0.15, 0.2) is 198 Å². The van der Waals surface area contributed by atoms with Gasteiger partial charge in [0.25, 0.3) is 0 Å². The number of nitrogens with zero attached hydrogens (tertiary/aromatic N) is 14. The molecule has 0 saturated heterocycles. The largest absolute Gasteiger partial charge is 0.359 e. The molecule has 23 nitrogen and oxygen atoms in total. The zero-order chi connectivity index (χ0) is 61.9. The summed E-state index contributed by atoms with van der Waals surface area (Å²) in [7, 11) is 5.52. The van der Waals surface area contributed by atoms with E-state index in [2.05, 4.69) is 51.0 Å². The fourth-order valence-electron chi connectivity index (χ4n) is 8.26. The van der Waals surface area contributed by atoms with Gasteiger partial charge in [0.2, 0.25) is 0 Å². The number of hydrogen-bond acceptors (Lipinski definition) is 20. The van der Waals surface area contributed by atoms with Crippen LogP contribution in [0.2, 0.25) is 0 Å². The van der Waals surface area contributed by atoms with Crippen LogP contribution in [0.5, 0.6) is 17.2 Å². The topological polar surface area (TPSA) is 230 Å². The average Bonchev–Trinajstić information content (AvgIpc) is 2.34. The quantitative estimate of drug-likeness (QED) is 0.0337. The molecule has 0 atom stereocenters. The van der Waals surface area contributed by atoms with E-state index in [9.17, 15) is 13.2 Å². The van der Waals surface area contributed by atoms with Crippen molar-refractivity contribution in [2.24, 2.45) is 21.1 Å². The molecule has 0 aliphatic rings. The fraction of sp³-hybridized carbons (Fsp3) is 0.150. The Morgan fingerprint density at radius 1 is 0.404 bits per heavy atom. The first-order valence-electron chi connectivity index (χ1n) is 27.0. The predicted octanol–water partition coefficient (Wildman–Crippen LogP) is 13.0. The molecule has 0 amide bonds. The summed E-state index contributed by atoms with van der Waals surface area (Å²) in [5, 5.41) is 29.8. The lowest BCUT2D eigenvalue weighted by atomic mass is 10.1. The first-order valence-corrected chi connectivity index (χ1v) is 29.2. The van der Waals surface area contributed by atoms with Crippen LogP contribution < -0.4 is 14.7 Å². The molecule has 12 aromatic rings. The van der Waals surface area contributed by atoms with Crippen molar-refractivity contribution >= 4 is 36.1 Å². The minimum absolute atomic E-state index is 0.224. The Kier molecular flexibility index (Phi) is 21.7. The molecular formula is C60H54F3N15O8S3. The van der Waals surface area contributed by atoms with Crippen molar-refractivity contribution in [3.8, 4) is 85.2 Å². The van der Waals surface area contributed by atoms with E-state index in [1.807, 2.05) is 103 Å². The molecule has 0 spiro atoms. The van der Waals surface area contributed by atoms with Gasteiger partial charge in [-0.1, -0.05) is 65.0 Å². The minimum atomic E-state index is -0.318. The Morgan fingerprint density at radius 3 is 1.20 bits per heavy atom. The van der Waals surface area contributed by atoms with E-state index in [0.29, 0.717) is 85.8 Å². The maximum absolute atomic E-state index is 13.5. The van der Waals surface area contributed by atoms with Crippen LogP contribution in [0.4, 0.5) is 13.2 Å². The molecule has 0 aliphatic heterocycles. The van der Waals surface area contributed by atoms with Crippen LogP contribution in [0.3, 0.4) is 0 Å². The lowest BCUT2D eigenvalue weighted by molar-refractivity contribution is -0.0782. The molecular weight excluding hydrogens is 1210 g/mol. The van der Waals surface area contributed by atoms with Gasteiger partial charge in [0, 0.05) is 51.0 Å². The number of benzene rings is 6. The first kappa shape index (κ1) is 62.5. The summed E-state index contributed by atoms with van der Waals surface area (Å²) in [6.45, 7) is 5.31. The highest BCUT2D eigenvalue weighted by molar-refractivity contribution is 7.94. The standard InChI is InChI=1S/2C21H20FN5O3S.C18H14FN5O2S/c1-3-28-14-27-20(15-9-11-16(22)12-10-15)19(24-25-27)18-13-23-21(26(18)2)31-30-29-17-7-5-4-6-8-17;1-3-28-14-27-20(19(24-25-27)15-9-11-16(22)12-10-15)18-13-23-21(26(18)2)31-30-29-17-7-5-4-6-8-17;1-24-15(11-20-18(24)27-26-25-14-5-3-2-4-6-14)17-16(21-23-22-17)12-7-9-13(19)10-8-12/h2*4-13H,3,14H2,1-2H3;2-11H,1H3,(H,21,22,23). The van der Waals surface area contributed by atoms with Crippen LogP contribution in [-0.4, -0.2) is 87.3 Å². The van der Waals surface area contributed by atoms with Crippen LogP contribution >= 0.6 is 36.1 Å². The van der Waals surface area contributed by atoms with Crippen molar-refractivity contribution in [1.29, 1.82) is 0 Å². The number of para-hydroxylation sites is 3. The maximum atomic E-state index is 13.5. The van der Waals surface area contributed by atoms with Gasteiger partial charge in [-0.05, 0) is 123 Å². The molecule has 6 aromatic carbocycles. The molecule has 6 aromatic heterocycles. The normalized spacial score (nSPS) is 11.0. The van der Waals surface area contributed by atoms with Crippen molar-refractivity contribution in [3.05, 3.63) is 200 Å². The predicted molar refractivity (Wildman–Crippen MR) is 325 cm³/mol. The zero-order valence-corrected chi connectivity index (χ0v) is 50.5. The summed E-state index contributed by atoms with van der Waals surface area (Å²) >= 11 is 2.95. The number of imidazole rings is 3. The summed E-state index contributed by atoms with van der Waals surface area (Å²) in [5.41, 5.74) is 8.25. The highest BCUT2D eigenvalue weighted by Gasteiger charge is 2.24. The summed E-state index contributed by atoms with van der Waals surface area (Å²) in [6, 6.07) is 45.9. The monoisotopic (exact) mass is 1270 g/mol. The van der Waals surface area contributed by atoms with Crippen molar-refractivity contribution in [1.82, 2.24) is 74.1 Å². The van der Waals surface area contributed by atoms with Gasteiger partial charge in [0.05, 0.1) is 35.7 Å². The van der Waals surface area contributed by atoms with Gasteiger partial charge < -0.3 is 37.8 Å². The first-order chi connectivity index (χ1) is 43.6. The zero-order valence-electron chi connectivity index (χ0n) is 48.0. The molecule has 1 N–H and O–H groups in total. The van der Waals surface area contributed by atoms with Gasteiger partial charge in [0.15, 0.2) is 32.7 Å². The van der Waals surface area contributed by atoms with Gasteiger partial charge in [-0.3, -0.25) is 0 Å². The van der Waals surface area contributed by atoms with Crippen molar-refractivity contribution in [2.45, 2.75) is 42.8 Å². The highest BCUT2D eigenvalue weighted by Crippen LogP contribution is 2.36. The van der Waals surface area contributed by atoms with E-state index >= 15 is 0 Å². The number of rotatable bonds is 24. The van der Waals surface area contributed by atoms with E-state index in [1.165, 1.54) is 36.4 Å². The van der Waals surface area contributed by atoms with Crippen LogP contribution in [0.1, 0.15) is 13.8 Å². The Hall–Kier alpha value is -9.59. The average molecular weight is 1270 g/mol. The smallest absolute Gasteiger partial charge is 0.200 e. The van der Waals surface area contributed by atoms with Gasteiger partial charge in [-0.2, -0.15) is 15.4 Å². The second-order valence-corrected chi connectivity index (χ2v) is 20.5. The number of aromatic nitrogens is 15. The number of ether oxygens (including phenoxy) is 2. The summed E-state index contributed by atoms with van der Waals surface area (Å²) in [4.78, 5) is 28.9. The Bertz CT molecular complexity index is 4140. The molecule has 0 bridgehead atoms. The maximum Gasteiger partial charge on any atom is 0.200 e. The number of H-pyrrole nitrogens is 1. The van der Waals surface area contributed by atoms with E-state index in [1.54, 1.807) is 101 Å². The van der Waals surface area contributed by atoms with E-state index in [4.69, 9.17) is 37.1 Å². The van der Waals surface area contributed by atoms with Crippen LogP contribution in [-0.2, 0) is 57.1 Å². The molecule has 0 saturated carbocycles. The molecule has 0 radical (unpaired) electrons. The Balaban J connectivity index is 0.000000148. The van der Waals surface area contributed by atoms with Crippen LogP contribution in [0, 0.1) is 17.5 Å². The van der Waals surface area contributed by atoms with Gasteiger partial charge >= 0.3 is 0 Å². The van der Waals surface area contributed by atoms with Gasteiger partial charge in [0.1, 0.15) is 101 Å². The molecule has 456 valence electrons. The minimum Gasteiger partial charge on any atom is -0.359 e. The van der Waals surface area contributed by atoms with E-state index in [0.717, 1.165) is 64.2 Å². The molecule has 89 heavy (non-hydrogen) atoms. The number of hydrogen-bond donors (Lipinski definition) is 1. The molecule has 0 fully saturated rings. The third-order valence-corrected chi connectivity index (χ3v) is 14.7. The molecule has 6 heterocycles. The molecule has 12 rings (SSSR count). The number of nitrogens with one attached hydrogen (secondary N) is 1. The lowest BCUT2D eigenvalue weighted by Crippen LogP contribution is -2.08. The highest BCUT2D eigenvalue weighted by atomic mass is 32.2. The second kappa shape index (κ2) is 30.9. The fourth-order valence-corrected chi connectivity index (χ4v) is 9.70. The number of aromatic amines is 1. The summed E-state index contributed by atoms with van der Waals surface area (Å²) in [6.07, 6.45) is 5.04. The van der Waals surface area contributed by atoms with E-state index in [-0.39, 0.29) is 30.9 Å². The Morgan fingerprint density at radius 2 is 0.764 bits per heavy atom. The Labute approximate surface area is 520 Å². The van der Waals surface area contributed by atoms with Crippen molar-refractivity contribution < 1.29 is 50.3 Å². The molecule has 29 heteroatoms. The molecule has 0 unspecified atom stereocenters. The third kappa shape index (κ3) is 16.0. The molecule has 0 aliphatic carbocycles. The van der Waals surface area contributed by atoms with Gasteiger partial charge in [-0.25, -0.2) is 37.5 Å². The number of halogens is 3. The summed E-state index contributed by atoms with van der Waals surface area (Å²) in [5.74, 6) is 0.822. The van der Waals surface area contributed by atoms with Crippen molar-refractivity contribution in [2.75, 3.05) is 13.2 Å². The van der Waals surface area contributed by atoms with E-state index < -0.39 is 0 Å². The second-order valence-electron chi connectivity index (χ2n) is 18.5. The lowest BCUT2D eigenvalue weighted by Gasteiger charge is -2.10.